The molecule has 7 nitrogen and oxygen atoms in total. The molecule has 0 aliphatic carbocycles. The SMILES string of the molecule is CN(CC(=O)N(C)C1CC2CCC(C1)N2)C1=NS(=O)(=O)c2ccccc21.Cl. The molecular weight excluding hydrogens is 388 g/mol. The highest BCUT2D eigenvalue weighted by molar-refractivity contribution is 7.90. The van der Waals surface area contributed by atoms with Crippen molar-refractivity contribution in [2.45, 2.75) is 48.7 Å². The zero-order chi connectivity index (χ0) is 18.5. The Morgan fingerprint density at radius 3 is 2.48 bits per heavy atom. The summed E-state index contributed by atoms with van der Waals surface area (Å²) < 4.78 is 28.3. The molecule has 3 aliphatic rings. The quantitative estimate of drug-likeness (QED) is 0.807. The number of nitrogens with zero attached hydrogens (tertiary/aromatic N) is 3. The number of carbonyl (C=O) groups excluding carboxylic acids is 1. The summed E-state index contributed by atoms with van der Waals surface area (Å²) in [5.41, 5.74) is 0.561. The third kappa shape index (κ3) is 3.70. The Bertz CT molecular complexity index is 861. The summed E-state index contributed by atoms with van der Waals surface area (Å²) in [5, 5.41) is 3.59. The Labute approximate surface area is 166 Å². The molecule has 0 saturated carbocycles. The number of sulfonamides is 1. The first-order valence-electron chi connectivity index (χ1n) is 9.02. The van der Waals surface area contributed by atoms with E-state index in [0.29, 0.717) is 23.5 Å². The molecule has 1 aromatic carbocycles. The van der Waals surface area contributed by atoms with E-state index in [1.54, 1.807) is 36.2 Å². The molecule has 1 aromatic rings. The van der Waals surface area contributed by atoms with Gasteiger partial charge < -0.3 is 15.1 Å². The number of benzene rings is 1. The topological polar surface area (TPSA) is 82.1 Å². The number of nitrogens with one attached hydrogen (secondary N) is 1. The van der Waals surface area contributed by atoms with Crippen molar-refractivity contribution in [2.24, 2.45) is 4.40 Å². The lowest BCUT2D eigenvalue weighted by Crippen LogP contribution is -2.50. The van der Waals surface area contributed by atoms with Crippen molar-refractivity contribution in [3.8, 4) is 0 Å². The van der Waals surface area contributed by atoms with Gasteiger partial charge in [-0.1, -0.05) is 12.1 Å². The fourth-order valence-electron chi connectivity index (χ4n) is 4.30. The molecule has 9 heteroatoms. The van der Waals surface area contributed by atoms with E-state index in [4.69, 9.17) is 0 Å². The summed E-state index contributed by atoms with van der Waals surface area (Å²) >= 11 is 0. The van der Waals surface area contributed by atoms with Crippen LogP contribution in [0.5, 0.6) is 0 Å². The molecule has 148 valence electrons. The van der Waals surface area contributed by atoms with Gasteiger partial charge in [0.25, 0.3) is 10.0 Å². The third-order valence-corrected chi connectivity index (χ3v) is 7.06. The molecule has 0 aromatic heterocycles. The number of likely N-dealkylation sites (N-methyl/N-ethyl adjacent to an activating group) is 2. The average molecular weight is 413 g/mol. The van der Waals surface area contributed by atoms with Gasteiger partial charge in [0.2, 0.25) is 5.91 Å². The van der Waals surface area contributed by atoms with Crippen molar-refractivity contribution >= 4 is 34.2 Å². The van der Waals surface area contributed by atoms with Crippen LogP contribution in [0.4, 0.5) is 0 Å². The summed E-state index contributed by atoms with van der Waals surface area (Å²) in [5.74, 6) is 0.330. The highest BCUT2D eigenvalue weighted by atomic mass is 35.5. The molecule has 3 aliphatic heterocycles. The molecule has 2 bridgehead atoms. The van der Waals surface area contributed by atoms with Crippen molar-refractivity contribution < 1.29 is 13.2 Å². The standard InChI is InChI=1S/C18H24N4O3S.ClH/c1-21(18-15-5-3-4-6-16(15)26(24,25)20-18)11-17(23)22(2)14-9-12-7-8-13(10-14)19-12;/h3-6,12-14,19H,7-11H2,1-2H3;1H. The number of rotatable bonds is 3. The number of fused-ring (bicyclic) bond motifs is 3. The summed E-state index contributed by atoms with van der Waals surface area (Å²) in [6, 6.07) is 8.02. The van der Waals surface area contributed by atoms with Gasteiger partial charge in [0.15, 0.2) is 5.84 Å². The van der Waals surface area contributed by atoms with Gasteiger partial charge in [-0.15, -0.1) is 16.8 Å². The molecule has 27 heavy (non-hydrogen) atoms. The summed E-state index contributed by atoms with van der Waals surface area (Å²) in [4.78, 5) is 16.5. The monoisotopic (exact) mass is 412 g/mol. The van der Waals surface area contributed by atoms with Crippen LogP contribution in [0.3, 0.4) is 0 Å². The predicted octanol–water partition coefficient (Wildman–Crippen LogP) is 1.23. The minimum Gasteiger partial charge on any atom is -0.349 e. The average Bonchev–Trinajstić information content (AvgIpc) is 3.10. The first-order valence-corrected chi connectivity index (χ1v) is 10.5. The molecule has 2 saturated heterocycles. The lowest BCUT2D eigenvalue weighted by atomic mass is 9.98. The number of amidine groups is 1. The van der Waals surface area contributed by atoms with Gasteiger partial charge in [-0.3, -0.25) is 4.79 Å². The molecule has 1 amide bonds. The minimum atomic E-state index is -3.67. The molecule has 0 spiro atoms. The Kier molecular flexibility index (Phi) is 5.52. The predicted molar refractivity (Wildman–Crippen MR) is 106 cm³/mol. The van der Waals surface area contributed by atoms with Crippen LogP contribution < -0.4 is 5.32 Å². The smallest absolute Gasteiger partial charge is 0.285 e. The summed E-state index contributed by atoms with van der Waals surface area (Å²) in [6.45, 7) is 0.110. The summed E-state index contributed by atoms with van der Waals surface area (Å²) in [6.07, 6.45) is 4.35. The number of hydrogen-bond donors (Lipinski definition) is 1. The van der Waals surface area contributed by atoms with Crippen LogP contribution in [0, 0.1) is 0 Å². The van der Waals surface area contributed by atoms with Crippen LogP contribution in [0.2, 0.25) is 0 Å². The third-order valence-electron chi connectivity index (χ3n) is 5.74. The molecule has 4 rings (SSSR count). The maximum absolute atomic E-state index is 12.8. The zero-order valence-electron chi connectivity index (χ0n) is 15.5. The normalized spacial score (nSPS) is 27.3. The number of hydrogen-bond acceptors (Lipinski definition) is 5. The van der Waals surface area contributed by atoms with Crippen molar-refractivity contribution in [1.82, 2.24) is 15.1 Å². The maximum Gasteiger partial charge on any atom is 0.285 e. The molecule has 3 heterocycles. The summed E-state index contributed by atoms with van der Waals surface area (Å²) in [7, 11) is -0.0990. The van der Waals surface area contributed by atoms with Crippen molar-refractivity contribution in [2.75, 3.05) is 20.6 Å². The van der Waals surface area contributed by atoms with E-state index in [-0.39, 0.29) is 35.8 Å². The first kappa shape index (κ1) is 20.1. The van der Waals surface area contributed by atoms with Gasteiger partial charge in [0, 0.05) is 37.8 Å². The van der Waals surface area contributed by atoms with E-state index in [2.05, 4.69) is 9.71 Å². The van der Waals surface area contributed by atoms with E-state index >= 15 is 0 Å². The van der Waals surface area contributed by atoms with Crippen LogP contribution in [0.25, 0.3) is 0 Å². The lowest BCUT2D eigenvalue weighted by Gasteiger charge is -2.36. The van der Waals surface area contributed by atoms with Crippen molar-refractivity contribution in [3.05, 3.63) is 29.8 Å². The number of carbonyl (C=O) groups is 1. The van der Waals surface area contributed by atoms with Crippen LogP contribution in [-0.2, 0) is 14.8 Å². The first-order chi connectivity index (χ1) is 12.3. The lowest BCUT2D eigenvalue weighted by molar-refractivity contribution is -0.132. The number of piperidine rings is 1. The Hall–Kier alpha value is -1.64. The van der Waals surface area contributed by atoms with E-state index in [1.807, 2.05) is 11.9 Å². The highest BCUT2D eigenvalue weighted by Gasteiger charge is 2.37. The van der Waals surface area contributed by atoms with E-state index in [1.165, 1.54) is 12.8 Å². The second-order valence-electron chi connectivity index (χ2n) is 7.51. The van der Waals surface area contributed by atoms with Crippen LogP contribution in [0.1, 0.15) is 31.2 Å². The Balaban J connectivity index is 0.00000210. The van der Waals surface area contributed by atoms with E-state index in [9.17, 15) is 13.2 Å². The number of amides is 1. The van der Waals surface area contributed by atoms with Crippen LogP contribution in [0.15, 0.2) is 33.6 Å². The molecule has 2 unspecified atom stereocenters. The second-order valence-corrected chi connectivity index (χ2v) is 9.08. The molecule has 1 N–H and O–H groups in total. The van der Waals surface area contributed by atoms with Gasteiger partial charge in [0.1, 0.15) is 4.90 Å². The van der Waals surface area contributed by atoms with Gasteiger partial charge in [-0.25, -0.2) is 0 Å². The second kappa shape index (κ2) is 7.41. The van der Waals surface area contributed by atoms with Crippen molar-refractivity contribution in [3.63, 3.8) is 0 Å². The van der Waals surface area contributed by atoms with Crippen molar-refractivity contribution in [1.29, 1.82) is 0 Å². The molecular formula is C18H25ClN4O3S. The fraction of sp³-hybridized carbons (Fsp3) is 0.556. The highest BCUT2D eigenvalue weighted by Crippen LogP contribution is 2.30. The zero-order valence-corrected chi connectivity index (χ0v) is 17.1. The van der Waals surface area contributed by atoms with Crippen LogP contribution in [-0.4, -0.2) is 68.7 Å². The molecule has 0 radical (unpaired) electrons. The van der Waals surface area contributed by atoms with Gasteiger partial charge in [0.05, 0.1) is 6.54 Å². The van der Waals surface area contributed by atoms with E-state index < -0.39 is 10.0 Å². The van der Waals surface area contributed by atoms with Gasteiger partial charge in [-0.05, 0) is 37.8 Å². The Morgan fingerprint density at radius 1 is 1.19 bits per heavy atom. The number of halogens is 1. The minimum absolute atomic E-state index is 0. The van der Waals surface area contributed by atoms with Gasteiger partial charge in [-0.2, -0.15) is 8.42 Å². The Morgan fingerprint density at radius 2 is 1.81 bits per heavy atom. The van der Waals surface area contributed by atoms with Crippen LogP contribution >= 0.6 is 12.4 Å². The van der Waals surface area contributed by atoms with E-state index in [0.717, 1.165) is 12.8 Å². The maximum atomic E-state index is 12.8. The molecule has 2 atom stereocenters. The largest absolute Gasteiger partial charge is 0.349 e. The fourth-order valence-corrected chi connectivity index (χ4v) is 5.55. The van der Waals surface area contributed by atoms with Gasteiger partial charge >= 0.3 is 0 Å². The molecule has 2 fully saturated rings.